The second kappa shape index (κ2) is 6.09. The summed E-state index contributed by atoms with van der Waals surface area (Å²) in [6.07, 6.45) is 3.22. The maximum absolute atomic E-state index is 12.1. The van der Waals surface area contributed by atoms with E-state index in [1.165, 1.54) is 0 Å². The molecule has 0 radical (unpaired) electrons. The predicted molar refractivity (Wildman–Crippen MR) is 75.2 cm³/mol. The summed E-state index contributed by atoms with van der Waals surface area (Å²) in [5.74, 6) is -0.0678. The van der Waals surface area contributed by atoms with Crippen molar-refractivity contribution in [1.82, 2.24) is 5.32 Å². The van der Waals surface area contributed by atoms with Crippen LogP contribution in [0, 0.1) is 6.92 Å². The summed E-state index contributed by atoms with van der Waals surface area (Å²) in [5.41, 5.74) is 3.65. The Morgan fingerprint density at radius 2 is 2.16 bits per heavy atom. The minimum absolute atomic E-state index is 0.0678. The predicted octanol–water partition coefficient (Wildman–Crippen LogP) is 2.95. The molecule has 1 aromatic carbocycles. The Morgan fingerprint density at radius 1 is 1.32 bits per heavy atom. The lowest BCUT2D eigenvalue weighted by Gasteiger charge is -2.09. The van der Waals surface area contributed by atoms with E-state index in [4.69, 9.17) is 4.42 Å². The van der Waals surface area contributed by atoms with Crippen LogP contribution in [0.25, 0.3) is 0 Å². The number of hydrogen-bond donors (Lipinski definition) is 2. The number of nitrogens with one attached hydrogen (secondary N) is 2. The number of rotatable bonds is 5. The monoisotopic (exact) mass is 258 g/mol. The molecule has 0 fully saturated rings. The van der Waals surface area contributed by atoms with Crippen LogP contribution in [0.3, 0.4) is 0 Å². The van der Waals surface area contributed by atoms with Crippen molar-refractivity contribution in [2.45, 2.75) is 20.4 Å². The van der Waals surface area contributed by atoms with Gasteiger partial charge in [0.1, 0.15) is 0 Å². The van der Waals surface area contributed by atoms with Gasteiger partial charge in [0.05, 0.1) is 12.5 Å². The number of hydrogen-bond acceptors (Lipinski definition) is 3. The highest BCUT2D eigenvalue weighted by Crippen LogP contribution is 2.15. The van der Waals surface area contributed by atoms with Crippen LogP contribution >= 0.6 is 0 Å². The number of benzene rings is 1. The van der Waals surface area contributed by atoms with E-state index in [0.717, 1.165) is 23.4 Å². The number of anilines is 1. The Balaban J connectivity index is 2.02. The highest BCUT2D eigenvalue weighted by molar-refractivity contribution is 5.96. The van der Waals surface area contributed by atoms with Crippen molar-refractivity contribution < 1.29 is 9.21 Å². The summed E-state index contributed by atoms with van der Waals surface area (Å²) in [6, 6.07) is 7.58. The molecule has 2 aromatic rings. The van der Waals surface area contributed by atoms with Gasteiger partial charge in [-0.25, -0.2) is 0 Å². The fraction of sp³-hybridized carbons (Fsp3) is 0.267. The van der Waals surface area contributed by atoms with Crippen LogP contribution in [0.5, 0.6) is 0 Å². The SMILES string of the molecule is CCNc1ccc(C(=O)NCc2ccoc2)c(C)c1. The van der Waals surface area contributed by atoms with Gasteiger partial charge in [-0.3, -0.25) is 4.79 Å². The van der Waals surface area contributed by atoms with Gasteiger partial charge in [0.15, 0.2) is 0 Å². The second-order valence-corrected chi connectivity index (χ2v) is 4.37. The fourth-order valence-corrected chi connectivity index (χ4v) is 1.90. The molecular weight excluding hydrogens is 240 g/mol. The molecule has 0 saturated heterocycles. The van der Waals surface area contributed by atoms with Crippen LogP contribution in [0.2, 0.25) is 0 Å². The third-order valence-corrected chi connectivity index (χ3v) is 2.89. The zero-order valence-corrected chi connectivity index (χ0v) is 11.2. The molecule has 0 aliphatic rings. The lowest BCUT2D eigenvalue weighted by atomic mass is 10.1. The van der Waals surface area contributed by atoms with Gasteiger partial charge >= 0.3 is 0 Å². The van der Waals surface area contributed by atoms with E-state index in [0.29, 0.717) is 12.1 Å². The van der Waals surface area contributed by atoms with Crippen LogP contribution < -0.4 is 10.6 Å². The lowest BCUT2D eigenvalue weighted by molar-refractivity contribution is 0.0950. The minimum Gasteiger partial charge on any atom is -0.472 e. The van der Waals surface area contributed by atoms with Gasteiger partial charge in [-0.2, -0.15) is 0 Å². The summed E-state index contributed by atoms with van der Waals surface area (Å²) in [7, 11) is 0. The molecule has 0 aliphatic heterocycles. The molecule has 1 aromatic heterocycles. The molecule has 100 valence electrons. The van der Waals surface area contributed by atoms with Crippen molar-refractivity contribution in [3.63, 3.8) is 0 Å². The summed E-state index contributed by atoms with van der Waals surface area (Å²) >= 11 is 0. The molecule has 4 nitrogen and oxygen atoms in total. The van der Waals surface area contributed by atoms with Crippen molar-refractivity contribution in [3.05, 3.63) is 53.5 Å². The van der Waals surface area contributed by atoms with E-state index in [1.807, 2.05) is 38.1 Å². The fourth-order valence-electron chi connectivity index (χ4n) is 1.90. The molecule has 0 saturated carbocycles. The first kappa shape index (κ1) is 13.2. The molecule has 0 atom stereocenters. The standard InChI is InChI=1S/C15H18N2O2/c1-3-16-13-4-5-14(11(2)8-13)15(18)17-9-12-6-7-19-10-12/h4-8,10,16H,3,9H2,1-2H3,(H,17,18). The summed E-state index contributed by atoms with van der Waals surface area (Å²) < 4.78 is 4.96. The van der Waals surface area contributed by atoms with Crippen LogP contribution in [-0.2, 0) is 6.54 Å². The highest BCUT2D eigenvalue weighted by Gasteiger charge is 2.09. The maximum Gasteiger partial charge on any atom is 0.251 e. The smallest absolute Gasteiger partial charge is 0.251 e. The van der Waals surface area contributed by atoms with Crippen molar-refractivity contribution >= 4 is 11.6 Å². The average molecular weight is 258 g/mol. The normalized spacial score (nSPS) is 10.2. The Bertz CT molecular complexity index is 547. The summed E-state index contributed by atoms with van der Waals surface area (Å²) in [6.45, 7) is 5.32. The quantitative estimate of drug-likeness (QED) is 0.867. The number of amides is 1. The number of aryl methyl sites for hydroxylation is 1. The van der Waals surface area contributed by atoms with Gasteiger partial charge in [0.2, 0.25) is 0 Å². The van der Waals surface area contributed by atoms with E-state index in [2.05, 4.69) is 10.6 Å². The van der Waals surface area contributed by atoms with Gasteiger partial charge in [-0.05, 0) is 43.7 Å². The third-order valence-electron chi connectivity index (χ3n) is 2.89. The summed E-state index contributed by atoms with van der Waals surface area (Å²) in [5, 5.41) is 6.10. The Kier molecular flexibility index (Phi) is 4.23. The first-order valence-corrected chi connectivity index (χ1v) is 6.34. The first-order valence-electron chi connectivity index (χ1n) is 6.34. The van der Waals surface area contributed by atoms with Crippen LogP contribution in [-0.4, -0.2) is 12.5 Å². The second-order valence-electron chi connectivity index (χ2n) is 4.37. The average Bonchev–Trinajstić information content (AvgIpc) is 2.89. The first-order chi connectivity index (χ1) is 9.20. The minimum atomic E-state index is -0.0678. The highest BCUT2D eigenvalue weighted by atomic mass is 16.3. The van der Waals surface area contributed by atoms with Gasteiger partial charge in [-0.1, -0.05) is 0 Å². The molecule has 1 amide bonds. The number of carbonyl (C=O) groups excluding carboxylic acids is 1. The molecule has 0 unspecified atom stereocenters. The maximum atomic E-state index is 12.1. The van der Waals surface area contributed by atoms with Gasteiger partial charge < -0.3 is 15.1 Å². The number of furan rings is 1. The molecule has 4 heteroatoms. The summed E-state index contributed by atoms with van der Waals surface area (Å²) in [4.78, 5) is 12.1. The van der Waals surface area contributed by atoms with E-state index in [1.54, 1.807) is 12.5 Å². The number of carbonyl (C=O) groups is 1. The molecule has 0 aliphatic carbocycles. The van der Waals surface area contributed by atoms with E-state index in [-0.39, 0.29) is 5.91 Å². The van der Waals surface area contributed by atoms with Crippen molar-refractivity contribution in [2.75, 3.05) is 11.9 Å². The van der Waals surface area contributed by atoms with Gasteiger partial charge in [0.25, 0.3) is 5.91 Å². The molecule has 0 spiro atoms. The van der Waals surface area contributed by atoms with E-state index in [9.17, 15) is 4.79 Å². The van der Waals surface area contributed by atoms with Crippen molar-refractivity contribution in [2.24, 2.45) is 0 Å². The van der Waals surface area contributed by atoms with Crippen LogP contribution in [0.15, 0.2) is 41.2 Å². The molecule has 0 bridgehead atoms. The van der Waals surface area contributed by atoms with E-state index < -0.39 is 0 Å². The van der Waals surface area contributed by atoms with E-state index >= 15 is 0 Å². The molecular formula is C15H18N2O2. The van der Waals surface area contributed by atoms with Gasteiger partial charge in [-0.15, -0.1) is 0 Å². The van der Waals surface area contributed by atoms with Gasteiger partial charge in [0, 0.05) is 29.9 Å². The van der Waals surface area contributed by atoms with Crippen molar-refractivity contribution in [1.29, 1.82) is 0 Å². The van der Waals surface area contributed by atoms with Crippen molar-refractivity contribution in [3.8, 4) is 0 Å². The Hall–Kier alpha value is -2.23. The molecule has 2 rings (SSSR count). The lowest BCUT2D eigenvalue weighted by Crippen LogP contribution is -2.23. The van der Waals surface area contributed by atoms with Crippen LogP contribution in [0.1, 0.15) is 28.4 Å². The Morgan fingerprint density at radius 3 is 2.79 bits per heavy atom. The largest absolute Gasteiger partial charge is 0.472 e. The molecule has 2 N–H and O–H groups in total. The molecule has 19 heavy (non-hydrogen) atoms. The topological polar surface area (TPSA) is 54.3 Å². The zero-order valence-electron chi connectivity index (χ0n) is 11.2. The Labute approximate surface area is 112 Å². The van der Waals surface area contributed by atoms with Crippen LogP contribution in [0.4, 0.5) is 5.69 Å². The zero-order chi connectivity index (χ0) is 13.7. The molecule has 1 heterocycles. The third kappa shape index (κ3) is 3.37.